The number of phenols is 2. The van der Waals surface area contributed by atoms with Crippen molar-refractivity contribution >= 4 is 46.4 Å². The topological polar surface area (TPSA) is 246 Å². The molecule has 1 saturated carbocycles. The Hall–Kier alpha value is -8.12. The summed E-state index contributed by atoms with van der Waals surface area (Å²) in [6.07, 6.45) is 13.4. The van der Waals surface area contributed by atoms with Crippen LogP contribution in [-0.4, -0.2) is 107 Å². The maximum Gasteiger partial charge on any atom is 0.336 e. The third kappa shape index (κ3) is 10.1. The number of carbonyl (C=O) groups excluding carboxylic acids is 4. The lowest BCUT2D eigenvalue weighted by atomic mass is 9.51. The third-order valence-electron chi connectivity index (χ3n) is 16.4. The van der Waals surface area contributed by atoms with E-state index in [1.165, 1.54) is 48.0 Å². The molecule has 3 aromatic rings. The van der Waals surface area contributed by atoms with Crippen LogP contribution in [0.4, 0.5) is 0 Å². The van der Waals surface area contributed by atoms with Crippen molar-refractivity contribution in [2.24, 2.45) is 11.8 Å². The quantitative estimate of drug-likeness (QED) is 0.0211. The zero-order valence-electron chi connectivity index (χ0n) is 47.3. The molecule has 17 heteroatoms. The van der Waals surface area contributed by atoms with Gasteiger partial charge in [-0.05, 0) is 135 Å². The summed E-state index contributed by atoms with van der Waals surface area (Å²) >= 11 is 0. The Bertz CT molecular complexity index is 3680. The number of carboxylic acid groups (broad SMARTS) is 1. The van der Waals surface area contributed by atoms with Gasteiger partial charge in [0, 0.05) is 82.3 Å². The average molecular weight is 1120 g/mol. The van der Waals surface area contributed by atoms with Gasteiger partial charge in [0.25, 0.3) is 5.91 Å². The fourth-order valence-corrected chi connectivity index (χ4v) is 12.4. The predicted octanol–water partition coefficient (Wildman–Crippen LogP) is 10.0. The van der Waals surface area contributed by atoms with Gasteiger partial charge in [0.1, 0.15) is 45.5 Å². The molecule has 5 N–H and O–H groups in total. The molecule has 1 spiro atoms. The highest BCUT2D eigenvalue weighted by molar-refractivity contribution is 6.19. The van der Waals surface area contributed by atoms with Gasteiger partial charge in [0.2, 0.25) is 5.91 Å². The first-order chi connectivity index (χ1) is 39.0. The lowest BCUT2D eigenvalue weighted by molar-refractivity contribution is -0.171. The third-order valence-corrected chi connectivity index (χ3v) is 16.4. The molecule has 0 radical (unpaired) electrons. The van der Waals surface area contributed by atoms with Gasteiger partial charge in [0.15, 0.2) is 28.2 Å². The number of hydrogen-bond acceptors (Lipinski definition) is 14. The van der Waals surface area contributed by atoms with Crippen molar-refractivity contribution in [3.8, 4) is 45.4 Å². The molecular weight excluding hydrogens is 1050 g/mol. The van der Waals surface area contributed by atoms with Gasteiger partial charge in [-0.15, -0.1) is 0 Å². The first-order valence-corrected chi connectivity index (χ1v) is 27.7. The minimum absolute atomic E-state index is 0.0291. The Morgan fingerprint density at radius 2 is 1.51 bits per heavy atom. The van der Waals surface area contributed by atoms with E-state index in [2.05, 4.69) is 16.7 Å². The van der Waals surface area contributed by atoms with Gasteiger partial charge in [-0.25, -0.2) is 4.79 Å². The average Bonchev–Trinajstić information content (AvgIpc) is 1.72. The van der Waals surface area contributed by atoms with E-state index >= 15 is 4.79 Å². The molecule has 82 heavy (non-hydrogen) atoms. The molecule has 8 aliphatic rings. The number of aromatic carboxylic acids is 1. The number of aromatic hydroxyl groups is 2. The molecule has 5 atom stereocenters. The number of ketones is 2. The van der Waals surface area contributed by atoms with Crippen LogP contribution in [0.25, 0.3) is 39.5 Å². The van der Waals surface area contributed by atoms with E-state index in [9.17, 15) is 39.3 Å². The number of carboxylic acids is 1. The molecule has 2 amide bonds. The van der Waals surface area contributed by atoms with Crippen molar-refractivity contribution in [3.05, 3.63) is 145 Å². The smallest absolute Gasteiger partial charge is 0.336 e. The van der Waals surface area contributed by atoms with Gasteiger partial charge in [0.05, 0.1) is 43.2 Å². The summed E-state index contributed by atoms with van der Waals surface area (Å²) in [7, 11) is 0. The van der Waals surface area contributed by atoms with Gasteiger partial charge in [-0.1, -0.05) is 41.5 Å². The normalized spacial score (nSPS) is 22.6. The van der Waals surface area contributed by atoms with Crippen LogP contribution < -0.4 is 25.5 Å². The van der Waals surface area contributed by atoms with Crippen molar-refractivity contribution < 1.29 is 67.4 Å². The highest BCUT2D eigenvalue weighted by atomic mass is 16.6. The number of phenolic OH excluding ortho intramolecular Hbond substituents is 2. The number of Topliss-reactive ketones (excluding diaryl/α,β-unsaturated/α-hetero) is 2. The summed E-state index contributed by atoms with van der Waals surface area (Å²) in [5.41, 5.74) is -0.00270. The summed E-state index contributed by atoms with van der Waals surface area (Å²) in [6.45, 7) is 16.4. The van der Waals surface area contributed by atoms with Gasteiger partial charge in [-0.2, -0.15) is 0 Å². The van der Waals surface area contributed by atoms with Crippen LogP contribution in [0, 0.1) is 11.8 Å². The Balaban J connectivity index is 0.753. The predicted molar refractivity (Wildman–Crippen MR) is 307 cm³/mol. The minimum Gasteiger partial charge on any atom is -0.508 e. The zero-order chi connectivity index (χ0) is 58.6. The molecule has 0 aromatic heterocycles. The van der Waals surface area contributed by atoms with E-state index in [4.69, 9.17) is 28.1 Å². The minimum atomic E-state index is -1.69. The summed E-state index contributed by atoms with van der Waals surface area (Å²) in [5.74, 6) is -3.47. The first-order valence-electron chi connectivity index (χ1n) is 27.7. The first kappa shape index (κ1) is 57.1. The van der Waals surface area contributed by atoms with Gasteiger partial charge in [-0.3, -0.25) is 24.0 Å². The molecule has 4 aliphatic heterocycles. The number of rotatable bonds is 20. The summed E-state index contributed by atoms with van der Waals surface area (Å²) < 4.78 is 38.4. The number of hydrogen-bond donors (Lipinski definition) is 5. The largest absolute Gasteiger partial charge is 0.508 e. The second-order valence-corrected chi connectivity index (χ2v) is 23.1. The van der Waals surface area contributed by atoms with Crippen LogP contribution in [0.2, 0.25) is 0 Å². The van der Waals surface area contributed by atoms with E-state index in [0.29, 0.717) is 58.2 Å². The maximum absolute atomic E-state index is 15.2. The Morgan fingerprint density at radius 3 is 2.23 bits per heavy atom. The van der Waals surface area contributed by atoms with Crippen LogP contribution in [0.1, 0.15) is 123 Å². The number of ether oxygens (including phenoxy) is 5. The highest BCUT2D eigenvalue weighted by Crippen LogP contribution is 2.69. The second kappa shape index (κ2) is 22.0. The molecule has 5 unspecified atom stereocenters. The molecule has 4 aliphatic carbocycles. The molecule has 2 fully saturated rings. The molecule has 3 aromatic carbocycles. The molecule has 4 heterocycles. The van der Waals surface area contributed by atoms with E-state index < -0.39 is 57.8 Å². The van der Waals surface area contributed by atoms with Crippen molar-refractivity contribution in [1.82, 2.24) is 10.6 Å². The zero-order valence-corrected chi connectivity index (χ0v) is 47.3. The Labute approximate surface area is 474 Å². The van der Waals surface area contributed by atoms with Crippen molar-refractivity contribution in [2.45, 2.75) is 110 Å². The van der Waals surface area contributed by atoms with E-state index in [1.807, 2.05) is 66.7 Å². The molecule has 428 valence electrons. The van der Waals surface area contributed by atoms with Crippen LogP contribution in [0.15, 0.2) is 116 Å². The van der Waals surface area contributed by atoms with Crippen LogP contribution >= 0.6 is 0 Å². The fraction of sp³-hybridized carbons (Fsp3) is 0.385. The summed E-state index contributed by atoms with van der Waals surface area (Å²) in [6, 6.07) is 12.9. The summed E-state index contributed by atoms with van der Waals surface area (Å²) in [4.78, 5) is 81.6. The van der Waals surface area contributed by atoms with E-state index in [0.717, 1.165) is 12.0 Å². The van der Waals surface area contributed by atoms with Crippen LogP contribution in [0.5, 0.6) is 23.0 Å². The lowest BCUT2D eigenvalue weighted by Crippen LogP contribution is -2.72. The van der Waals surface area contributed by atoms with Crippen molar-refractivity contribution in [2.75, 3.05) is 39.5 Å². The molecular formula is C65H68N2O15. The number of nitrogens with one attached hydrogen (secondary N) is 2. The Kier molecular flexibility index (Phi) is 15.3. The second-order valence-electron chi connectivity index (χ2n) is 23.1. The lowest BCUT2D eigenvalue weighted by Gasteiger charge is -2.56. The number of amides is 2. The van der Waals surface area contributed by atoms with E-state index in [-0.39, 0.29) is 114 Å². The van der Waals surface area contributed by atoms with E-state index in [1.54, 1.807) is 31.2 Å². The standard InChI is InChI=1S/C65H68N2O15/c1-35(2)10-9-21-63(8)22-20-45-54(70)53-55(71)48-31-39-32-51-62(6,7)82-64(58(39)72,65(48,51)81-57(53)46(56(45)80-63)15-11-36(3)4)23-19-37(5)59(73)66-24-26-77-28-29-78-27-25-67-60(74)38-12-16-42(47(30-38)61(75)76)52-43-17-13-40(68)33-49(43)79-50-34-41(69)14-18-44(50)52/h10-14,16-20,22,30-31,33-34,39,51,68,70H,9,15,21,23-29,32H2,1-8H3,(H,66,73)(H,67,74)(H,75,76). The van der Waals surface area contributed by atoms with Gasteiger partial charge >= 0.3 is 5.97 Å². The van der Waals surface area contributed by atoms with Crippen LogP contribution in [0.3, 0.4) is 0 Å². The summed E-state index contributed by atoms with van der Waals surface area (Å²) in [5, 5.41) is 38.6. The van der Waals surface area contributed by atoms with Crippen molar-refractivity contribution in [3.63, 3.8) is 0 Å². The number of carbonyl (C=O) groups is 5. The highest BCUT2D eigenvalue weighted by Gasteiger charge is 2.81. The fourth-order valence-electron chi connectivity index (χ4n) is 12.4. The maximum atomic E-state index is 15.2. The monoisotopic (exact) mass is 1120 g/mol. The Morgan fingerprint density at radius 1 is 0.793 bits per heavy atom. The number of allylic oxidation sites excluding steroid dienone is 5. The molecule has 17 nitrogen and oxygen atoms in total. The van der Waals surface area contributed by atoms with Crippen LogP contribution in [-0.2, 0) is 30.2 Å². The number of benzene rings is 4. The number of fused-ring (bicyclic) bond motifs is 4. The molecule has 1 saturated heterocycles. The van der Waals surface area contributed by atoms with Gasteiger partial charge < -0.3 is 54.1 Å². The molecule has 11 rings (SSSR count). The van der Waals surface area contributed by atoms with Crippen molar-refractivity contribution in [1.29, 1.82) is 0 Å². The molecule has 4 bridgehead atoms. The SMILES string of the molecule is CC(C)=CCCC1(C)C=Cc2c(O)c3c(c(CC=C(C)C)c2O1)OC12C(=CC4CC1C(C)(C)OC2(CC=C(C)C(=O)NCCOCCOCCNC(=O)c1ccc(-c2c5ccc(=O)cc-5oc5cc(O)ccc25)c(C(=O)O)c1)C4=O)C3=O.